The fourth-order valence-corrected chi connectivity index (χ4v) is 5.48. The molecule has 1 atom stereocenters. The number of carbonyl (C=O) groups excluding carboxylic acids is 1. The van der Waals surface area contributed by atoms with Gasteiger partial charge in [0, 0.05) is 18.2 Å². The lowest BCUT2D eigenvalue weighted by atomic mass is 10.1. The Labute approximate surface area is 180 Å². The maximum absolute atomic E-state index is 13.3. The van der Waals surface area contributed by atoms with Crippen LogP contribution in [0.2, 0.25) is 0 Å². The van der Waals surface area contributed by atoms with Gasteiger partial charge in [-0.2, -0.15) is 0 Å². The van der Waals surface area contributed by atoms with Crippen molar-refractivity contribution in [2.75, 3.05) is 18.1 Å². The fraction of sp³-hybridized carbons (Fsp3) is 0.458. The zero-order chi connectivity index (χ0) is 21.4. The van der Waals surface area contributed by atoms with Crippen molar-refractivity contribution in [3.8, 4) is 5.75 Å². The van der Waals surface area contributed by atoms with E-state index in [2.05, 4.69) is 6.92 Å². The van der Waals surface area contributed by atoms with Gasteiger partial charge in [-0.1, -0.05) is 56.5 Å². The zero-order valence-corrected chi connectivity index (χ0v) is 18.4. The maximum Gasteiger partial charge on any atom is 0.254 e. The van der Waals surface area contributed by atoms with E-state index in [1.807, 2.05) is 42.5 Å². The Bertz CT molecular complexity index is 910. The molecule has 0 bridgehead atoms. The predicted molar refractivity (Wildman–Crippen MR) is 119 cm³/mol. The second kappa shape index (κ2) is 10.6. The largest absolute Gasteiger partial charge is 0.494 e. The molecule has 0 N–H and O–H groups in total. The number of hydrogen-bond acceptors (Lipinski definition) is 4. The lowest BCUT2D eigenvalue weighted by Crippen LogP contribution is -2.40. The van der Waals surface area contributed by atoms with E-state index in [9.17, 15) is 13.2 Å². The molecule has 1 aliphatic heterocycles. The van der Waals surface area contributed by atoms with Crippen LogP contribution in [0.15, 0.2) is 54.6 Å². The summed E-state index contributed by atoms with van der Waals surface area (Å²) in [5.74, 6) is 0.780. The standard InChI is InChI=1S/C24H31NO4S/c1-2-3-4-8-16-29-23-13-11-21(12-14-23)24(26)25(18-20-9-6-5-7-10-20)22-15-17-30(27,28)19-22/h5-7,9-14,22H,2-4,8,15-19H2,1H3/t22-/m0/s1. The van der Waals surface area contributed by atoms with Crippen LogP contribution in [0.4, 0.5) is 0 Å². The van der Waals surface area contributed by atoms with Gasteiger partial charge in [-0.25, -0.2) is 8.42 Å². The third kappa shape index (κ3) is 6.33. The molecule has 30 heavy (non-hydrogen) atoms. The predicted octanol–water partition coefficient (Wildman–Crippen LogP) is 4.48. The molecule has 0 spiro atoms. The number of hydrogen-bond donors (Lipinski definition) is 0. The number of amides is 1. The molecule has 2 aromatic rings. The molecule has 0 aliphatic carbocycles. The summed E-state index contributed by atoms with van der Waals surface area (Å²) in [6.07, 6.45) is 5.07. The van der Waals surface area contributed by atoms with Crippen molar-refractivity contribution in [1.29, 1.82) is 0 Å². The second-order valence-corrected chi connectivity index (χ2v) is 10.1. The van der Waals surface area contributed by atoms with Crippen LogP contribution in [0.5, 0.6) is 5.75 Å². The summed E-state index contributed by atoms with van der Waals surface area (Å²) in [4.78, 5) is 15.0. The molecule has 0 saturated carbocycles. The number of unbranched alkanes of at least 4 members (excludes halogenated alkanes) is 3. The Morgan fingerprint density at radius 3 is 2.40 bits per heavy atom. The molecule has 1 saturated heterocycles. The van der Waals surface area contributed by atoms with E-state index < -0.39 is 9.84 Å². The van der Waals surface area contributed by atoms with Gasteiger partial charge in [0.2, 0.25) is 0 Å². The number of ether oxygens (including phenoxy) is 1. The van der Waals surface area contributed by atoms with Gasteiger partial charge in [-0.05, 0) is 42.7 Å². The number of benzene rings is 2. The van der Waals surface area contributed by atoms with Gasteiger partial charge in [-0.3, -0.25) is 4.79 Å². The van der Waals surface area contributed by atoms with Crippen molar-refractivity contribution in [3.05, 3.63) is 65.7 Å². The Morgan fingerprint density at radius 1 is 1.03 bits per heavy atom. The number of sulfone groups is 1. The molecule has 3 rings (SSSR count). The Balaban J connectivity index is 1.69. The van der Waals surface area contributed by atoms with Crippen molar-refractivity contribution in [1.82, 2.24) is 4.90 Å². The summed E-state index contributed by atoms with van der Waals surface area (Å²) in [5, 5.41) is 0. The average molecular weight is 430 g/mol. The highest BCUT2D eigenvalue weighted by atomic mass is 32.2. The first kappa shape index (κ1) is 22.3. The molecule has 6 heteroatoms. The third-order valence-corrected chi connectivity index (χ3v) is 7.22. The summed E-state index contributed by atoms with van der Waals surface area (Å²) in [5.41, 5.74) is 1.54. The van der Waals surface area contributed by atoms with Crippen LogP contribution in [-0.2, 0) is 16.4 Å². The van der Waals surface area contributed by atoms with E-state index in [-0.39, 0.29) is 23.5 Å². The topological polar surface area (TPSA) is 63.7 Å². The number of rotatable bonds is 10. The first-order chi connectivity index (χ1) is 14.5. The van der Waals surface area contributed by atoms with E-state index >= 15 is 0 Å². The highest BCUT2D eigenvalue weighted by molar-refractivity contribution is 7.91. The van der Waals surface area contributed by atoms with Gasteiger partial charge in [0.15, 0.2) is 9.84 Å². The zero-order valence-electron chi connectivity index (χ0n) is 17.6. The Morgan fingerprint density at radius 2 is 1.77 bits per heavy atom. The van der Waals surface area contributed by atoms with Crippen molar-refractivity contribution < 1.29 is 17.9 Å². The fourth-order valence-electron chi connectivity index (χ4n) is 3.75. The molecular formula is C24H31NO4S. The molecule has 1 heterocycles. The SMILES string of the molecule is CCCCCCOc1ccc(C(=O)N(Cc2ccccc2)[C@H]2CCS(=O)(=O)C2)cc1. The van der Waals surface area contributed by atoms with Crippen LogP contribution >= 0.6 is 0 Å². The molecule has 162 valence electrons. The van der Waals surface area contributed by atoms with Gasteiger partial charge >= 0.3 is 0 Å². The molecule has 5 nitrogen and oxygen atoms in total. The van der Waals surface area contributed by atoms with Crippen LogP contribution < -0.4 is 4.74 Å². The summed E-state index contributed by atoms with van der Waals surface area (Å²) in [7, 11) is -3.09. The van der Waals surface area contributed by atoms with E-state index in [0.29, 0.717) is 25.1 Å². The molecular weight excluding hydrogens is 398 g/mol. The third-order valence-electron chi connectivity index (χ3n) is 5.47. The summed E-state index contributed by atoms with van der Waals surface area (Å²) in [6, 6.07) is 16.6. The molecule has 1 fully saturated rings. The lowest BCUT2D eigenvalue weighted by Gasteiger charge is -2.28. The summed E-state index contributed by atoms with van der Waals surface area (Å²) < 4.78 is 29.8. The molecule has 1 amide bonds. The van der Waals surface area contributed by atoms with E-state index in [4.69, 9.17) is 4.74 Å². The monoisotopic (exact) mass is 429 g/mol. The number of carbonyl (C=O) groups is 1. The van der Waals surface area contributed by atoms with Gasteiger partial charge in [-0.15, -0.1) is 0 Å². The van der Waals surface area contributed by atoms with Crippen molar-refractivity contribution in [2.24, 2.45) is 0 Å². The van der Waals surface area contributed by atoms with Gasteiger partial charge in [0.05, 0.1) is 18.1 Å². The minimum Gasteiger partial charge on any atom is -0.494 e. The van der Waals surface area contributed by atoms with Crippen LogP contribution in [0.25, 0.3) is 0 Å². The van der Waals surface area contributed by atoms with E-state index in [0.717, 1.165) is 24.2 Å². The number of nitrogens with zero attached hydrogens (tertiary/aromatic N) is 1. The van der Waals surface area contributed by atoms with Crippen LogP contribution in [-0.4, -0.2) is 43.4 Å². The van der Waals surface area contributed by atoms with E-state index in [1.165, 1.54) is 12.8 Å². The quantitative estimate of drug-likeness (QED) is 0.523. The highest BCUT2D eigenvalue weighted by Crippen LogP contribution is 2.23. The second-order valence-electron chi connectivity index (χ2n) is 7.91. The average Bonchev–Trinajstić information content (AvgIpc) is 3.12. The van der Waals surface area contributed by atoms with Gasteiger partial charge in [0.1, 0.15) is 5.75 Å². The smallest absolute Gasteiger partial charge is 0.254 e. The Hall–Kier alpha value is -2.34. The molecule has 2 aromatic carbocycles. The minimum atomic E-state index is -3.09. The molecule has 0 unspecified atom stereocenters. The normalized spacial score (nSPS) is 17.6. The summed E-state index contributed by atoms with van der Waals surface area (Å²) >= 11 is 0. The van der Waals surface area contributed by atoms with Crippen molar-refractivity contribution in [3.63, 3.8) is 0 Å². The first-order valence-corrected chi connectivity index (χ1v) is 12.6. The van der Waals surface area contributed by atoms with Crippen LogP contribution in [0, 0.1) is 0 Å². The van der Waals surface area contributed by atoms with Gasteiger partial charge in [0.25, 0.3) is 5.91 Å². The maximum atomic E-state index is 13.3. The highest BCUT2D eigenvalue weighted by Gasteiger charge is 2.35. The van der Waals surface area contributed by atoms with Crippen LogP contribution in [0.1, 0.15) is 54.9 Å². The molecule has 0 radical (unpaired) electrons. The molecule has 1 aliphatic rings. The van der Waals surface area contributed by atoms with Gasteiger partial charge < -0.3 is 9.64 Å². The van der Waals surface area contributed by atoms with Crippen LogP contribution in [0.3, 0.4) is 0 Å². The summed E-state index contributed by atoms with van der Waals surface area (Å²) in [6.45, 7) is 3.25. The molecule has 0 aromatic heterocycles. The van der Waals surface area contributed by atoms with Crippen molar-refractivity contribution in [2.45, 2.75) is 51.6 Å². The minimum absolute atomic E-state index is 0.0323. The van der Waals surface area contributed by atoms with E-state index in [1.54, 1.807) is 17.0 Å². The lowest BCUT2D eigenvalue weighted by molar-refractivity contribution is 0.0681. The first-order valence-electron chi connectivity index (χ1n) is 10.8. The van der Waals surface area contributed by atoms with Crippen molar-refractivity contribution >= 4 is 15.7 Å². The Kier molecular flexibility index (Phi) is 7.91.